The van der Waals surface area contributed by atoms with Gasteiger partial charge in [0, 0.05) is 17.7 Å². The molecule has 0 saturated heterocycles. The molecule has 3 heteroatoms. The minimum atomic E-state index is -0.267. The van der Waals surface area contributed by atoms with E-state index in [0.29, 0.717) is 18.3 Å². The van der Waals surface area contributed by atoms with Crippen molar-refractivity contribution in [3.63, 3.8) is 0 Å². The van der Waals surface area contributed by atoms with Gasteiger partial charge in [0.15, 0.2) is 0 Å². The Hall–Kier alpha value is -0.410. The number of hydrogen-bond donors (Lipinski definition) is 1. The highest BCUT2D eigenvalue weighted by Gasteiger charge is 2.13. The summed E-state index contributed by atoms with van der Waals surface area (Å²) in [6.07, 6.45) is 0.415. The van der Waals surface area contributed by atoms with E-state index in [-0.39, 0.29) is 6.10 Å². The molecular weight excluding hydrogens is 194 g/mol. The Morgan fingerprint density at radius 3 is 2.43 bits per heavy atom. The average Bonchev–Trinajstić information content (AvgIpc) is 2.52. The molecule has 1 unspecified atom stereocenters. The Bertz CT molecular complexity index is 281. The van der Waals surface area contributed by atoms with Crippen LogP contribution in [0.3, 0.4) is 0 Å². The van der Waals surface area contributed by atoms with Gasteiger partial charge in [0.25, 0.3) is 0 Å². The van der Waals surface area contributed by atoms with E-state index in [1.165, 1.54) is 0 Å². The molecule has 1 aromatic rings. The fraction of sp³-hybridized carbons (Fsp3) is 0.727. The van der Waals surface area contributed by atoms with Crippen LogP contribution in [0.2, 0.25) is 0 Å². The van der Waals surface area contributed by atoms with E-state index in [0.717, 1.165) is 10.7 Å². The summed E-state index contributed by atoms with van der Waals surface area (Å²) >= 11 is 1.69. The smallest absolute Gasteiger partial charge is 0.0953 e. The highest BCUT2D eigenvalue weighted by Crippen LogP contribution is 2.20. The molecule has 0 amide bonds. The summed E-state index contributed by atoms with van der Waals surface area (Å²) < 4.78 is 0. The molecule has 1 heterocycles. The van der Waals surface area contributed by atoms with Gasteiger partial charge in [-0.3, -0.25) is 0 Å². The molecule has 2 nitrogen and oxygen atoms in total. The predicted molar refractivity (Wildman–Crippen MR) is 60.8 cm³/mol. The molecule has 1 N–H and O–H groups in total. The first kappa shape index (κ1) is 11.7. The lowest BCUT2D eigenvalue weighted by atomic mass is 10.0. The molecule has 14 heavy (non-hydrogen) atoms. The second-order valence-electron chi connectivity index (χ2n) is 4.35. The Labute approximate surface area is 90.0 Å². The topological polar surface area (TPSA) is 33.1 Å². The van der Waals surface area contributed by atoms with Gasteiger partial charge < -0.3 is 5.11 Å². The van der Waals surface area contributed by atoms with E-state index < -0.39 is 0 Å². The van der Waals surface area contributed by atoms with Crippen LogP contribution in [-0.2, 0) is 6.42 Å². The van der Waals surface area contributed by atoms with Crippen LogP contribution < -0.4 is 0 Å². The van der Waals surface area contributed by atoms with Gasteiger partial charge in [-0.15, -0.1) is 11.3 Å². The molecule has 80 valence electrons. The highest BCUT2D eigenvalue weighted by atomic mass is 32.1. The lowest BCUT2D eigenvalue weighted by Crippen LogP contribution is -2.17. The average molecular weight is 213 g/mol. The van der Waals surface area contributed by atoms with Crippen LogP contribution in [0.4, 0.5) is 0 Å². The largest absolute Gasteiger partial charge is 0.392 e. The number of aliphatic hydroxyl groups excluding tert-OH is 1. The van der Waals surface area contributed by atoms with Crippen LogP contribution in [-0.4, -0.2) is 16.2 Å². The monoisotopic (exact) mass is 213 g/mol. The van der Waals surface area contributed by atoms with Crippen molar-refractivity contribution < 1.29 is 5.11 Å². The van der Waals surface area contributed by atoms with Crippen LogP contribution in [0.25, 0.3) is 0 Å². The molecule has 1 aromatic heterocycles. The predicted octanol–water partition coefficient (Wildman–Crippen LogP) is 2.83. The Morgan fingerprint density at radius 2 is 2.00 bits per heavy atom. The normalized spacial score (nSPS) is 13.9. The summed E-state index contributed by atoms with van der Waals surface area (Å²) in [5.41, 5.74) is 1.03. The first-order valence-electron chi connectivity index (χ1n) is 5.13. The van der Waals surface area contributed by atoms with Crippen LogP contribution in [0.15, 0.2) is 5.38 Å². The summed E-state index contributed by atoms with van der Waals surface area (Å²) in [6.45, 7) is 8.34. The van der Waals surface area contributed by atoms with Gasteiger partial charge in [-0.05, 0) is 5.92 Å². The SMILES string of the molecule is CC(C)c1nc(CC(O)C(C)C)cs1. The van der Waals surface area contributed by atoms with Crippen molar-refractivity contribution in [3.05, 3.63) is 16.1 Å². The fourth-order valence-corrected chi connectivity index (χ4v) is 1.98. The van der Waals surface area contributed by atoms with Crippen molar-refractivity contribution >= 4 is 11.3 Å². The first-order chi connectivity index (χ1) is 6.50. The lowest BCUT2D eigenvalue weighted by Gasteiger charge is -2.12. The van der Waals surface area contributed by atoms with Crippen molar-refractivity contribution in [1.82, 2.24) is 4.98 Å². The number of rotatable bonds is 4. The van der Waals surface area contributed by atoms with E-state index >= 15 is 0 Å². The zero-order valence-corrected chi connectivity index (χ0v) is 10.1. The molecule has 0 aliphatic rings. The molecule has 0 fully saturated rings. The molecule has 0 radical (unpaired) electrons. The molecule has 0 aliphatic heterocycles. The maximum absolute atomic E-state index is 9.69. The minimum Gasteiger partial charge on any atom is -0.392 e. The maximum Gasteiger partial charge on any atom is 0.0953 e. The third-order valence-electron chi connectivity index (χ3n) is 2.25. The van der Waals surface area contributed by atoms with Gasteiger partial charge in [0.1, 0.15) is 0 Å². The molecule has 0 aliphatic carbocycles. The quantitative estimate of drug-likeness (QED) is 0.834. The fourth-order valence-electron chi connectivity index (χ4n) is 1.13. The number of hydrogen-bond acceptors (Lipinski definition) is 3. The summed E-state index contributed by atoms with van der Waals surface area (Å²) in [4.78, 5) is 4.49. The van der Waals surface area contributed by atoms with Gasteiger partial charge in [-0.2, -0.15) is 0 Å². The van der Waals surface area contributed by atoms with Gasteiger partial charge >= 0.3 is 0 Å². The maximum atomic E-state index is 9.69. The Balaban J connectivity index is 2.60. The summed E-state index contributed by atoms with van der Waals surface area (Å²) in [7, 11) is 0. The molecule has 0 bridgehead atoms. The second-order valence-corrected chi connectivity index (χ2v) is 5.24. The van der Waals surface area contributed by atoms with Crippen molar-refractivity contribution in [2.45, 2.75) is 46.1 Å². The van der Waals surface area contributed by atoms with Crippen LogP contribution in [0, 0.1) is 5.92 Å². The van der Waals surface area contributed by atoms with E-state index in [1.54, 1.807) is 11.3 Å². The molecular formula is C11H19NOS. The Morgan fingerprint density at radius 1 is 1.36 bits per heavy atom. The van der Waals surface area contributed by atoms with E-state index in [2.05, 4.69) is 24.2 Å². The van der Waals surface area contributed by atoms with Crippen molar-refractivity contribution in [2.24, 2.45) is 5.92 Å². The third kappa shape index (κ3) is 3.07. The van der Waals surface area contributed by atoms with Crippen molar-refractivity contribution in [3.8, 4) is 0 Å². The number of aliphatic hydroxyl groups is 1. The molecule has 1 rings (SSSR count). The van der Waals surface area contributed by atoms with E-state index in [9.17, 15) is 5.11 Å². The second kappa shape index (κ2) is 4.89. The Kier molecular flexibility index (Phi) is 4.08. The lowest BCUT2D eigenvalue weighted by molar-refractivity contribution is 0.125. The first-order valence-corrected chi connectivity index (χ1v) is 6.01. The van der Waals surface area contributed by atoms with Crippen molar-refractivity contribution in [1.29, 1.82) is 0 Å². The summed E-state index contributed by atoms with van der Waals surface area (Å²) in [6, 6.07) is 0. The minimum absolute atomic E-state index is 0.267. The van der Waals surface area contributed by atoms with E-state index in [4.69, 9.17) is 0 Å². The molecule has 1 atom stereocenters. The van der Waals surface area contributed by atoms with Crippen LogP contribution in [0.5, 0.6) is 0 Å². The number of aromatic nitrogens is 1. The van der Waals surface area contributed by atoms with Crippen LogP contribution >= 0.6 is 11.3 Å². The van der Waals surface area contributed by atoms with Gasteiger partial charge in [-0.1, -0.05) is 27.7 Å². The van der Waals surface area contributed by atoms with Gasteiger partial charge in [-0.25, -0.2) is 4.98 Å². The summed E-state index contributed by atoms with van der Waals surface area (Å²) in [5.74, 6) is 0.796. The molecule has 0 saturated carbocycles. The third-order valence-corrected chi connectivity index (χ3v) is 3.45. The molecule has 0 aromatic carbocycles. The van der Waals surface area contributed by atoms with Crippen molar-refractivity contribution in [2.75, 3.05) is 0 Å². The molecule has 0 spiro atoms. The number of thiazole rings is 1. The zero-order valence-electron chi connectivity index (χ0n) is 9.32. The number of nitrogens with zero attached hydrogens (tertiary/aromatic N) is 1. The van der Waals surface area contributed by atoms with Gasteiger partial charge in [0.05, 0.1) is 16.8 Å². The zero-order chi connectivity index (χ0) is 10.7. The van der Waals surface area contributed by atoms with Gasteiger partial charge in [0.2, 0.25) is 0 Å². The highest BCUT2D eigenvalue weighted by molar-refractivity contribution is 7.09. The summed E-state index contributed by atoms with van der Waals surface area (Å²) in [5, 5.41) is 12.9. The van der Waals surface area contributed by atoms with E-state index in [1.807, 2.05) is 13.8 Å². The standard InChI is InChI=1S/C11H19NOS/c1-7(2)10(13)5-9-6-14-11(12-9)8(3)4/h6-8,10,13H,5H2,1-4H3. The van der Waals surface area contributed by atoms with Crippen LogP contribution in [0.1, 0.15) is 44.3 Å².